The molecule has 2 N–H and O–H groups in total. The SMILES string of the molecule is C.C.C.CC.CN1C(=O)CNS1(=O)=O.O=C1CNS(=O)(=O)[N-]1.[Na+]. The van der Waals surface area contributed by atoms with Crippen LogP contribution in [0.25, 0.3) is 4.72 Å². The zero-order valence-corrected chi connectivity index (χ0v) is 15.2. The van der Waals surface area contributed by atoms with E-state index in [9.17, 15) is 26.4 Å². The standard InChI is InChI=1S/C3H6N2O3S.C2H4N2O3S.C2H6.3CH4.Na/c1-5-3(6)2-4-9(5,7)8;5-2-1-3-8(6,7)4-2;1-2;;;;/h4H,2H2,1H3;3H,1H2,(H,4,5);1-2H3;3*1H4;/q;;;;;;+1/p-1. The van der Waals surface area contributed by atoms with Crippen molar-refractivity contribution in [3.05, 3.63) is 4.72 Å². The predicted octanol–water partition coefficient (Wildman–Crippen LogP) is -3.03. The largest absolute Gasteiger partial charge is 1.00 e. The molecular formula is C10H27N4NaO6S2. The summed E-state index contributed by atoms with van der Waals surface area (Å²) in [6.45, 7) is 3.70. The molecule has 13 heteroatoms. The van der Waals surface area contributed by atoms with Gasteiger partial charge in [0.1, 0.15) is 0 Å². The minimum absolute atomic E-state index is 0. The summed E-state index contributed by atoms with van der Waals surface area (Å²) in [4.78, 5) is 20.5. The normalized spacial score (nSPS) is 18.8. The number of hydrogen-bond acceptors (Lipinski definition) is 6. The van der Waals surface area contributed by atoms with Gasteiger partial charge in [0.2, 0.25) is 0 Å². The molecular weight excluding hydrogens is 359 g/mol. The maximum absolute atomic E-state index is 10.6. The van der Waals surface area contributed by atoms with Gasteiger partial charge in [0.15, 0.2) is 10.2 Å². The fourth-order valence-electron chi connectivity index (χ4n) is 0.847. The molecule has 2 amide bonds. The molecule has 2 rings (SSSR count). The van der Waals surface area contributed by atoms with Crippen molar-refractivity contribution in [3.63, 3.8) is 0 Å². The van der Waals surface area contributed by atoms with Crippen molar-refractivity contribution in [2.24, 2.45) is 0 Å². The first-order valence-corrected chi connectivity index (χ1v) is 8.04. The van der Waals surface area contributed by atoms with Crippen LogP contribution in [0.4, 0.5) is 0 Å². The Morgan fingerprint density at radius 3 is 1.48 bits per heavy atom. The summed E-state index contributed by atoms with van der Waals surface area (Å²) in [7, 11) is -5.79. The Morgan fingerprint density at radius 1 is 0.957 bits per heavy atom. The van der Waals surface area contributed by atoms with E-state index in [-0.39, 0.29) is 64.9 Å². The van der Waals surface area contributed by atoms with Gasteiger partial charge in [-0.1, -0.05) is 36.1 Å². The van der Waals surface area contributed by atoms with Crippen LogP contribution in [0.3, 0.4) is 0 Å². The quantitative estimate of drug-likeness (QED) is 0.424. The number of hydrogen-bond donors (Lipinski definition) is 2. The third-order valence-electron chi connectivity index (χ3n) is 1.75. The number of carbonyl (C=O) groups is 2. The zero-order chi connectivity index (χ0) is 15.3. The van der Waals surface area contributed by atoms with E-state index in [1.807, 2.05) is 23.3 Å². The Balaban J connectivity index is -0.0000000734. The van der Waals surface area contributed by atoms with Crippen LogP contribution in [0.5, 0.6) is 0 Å². The molecule has 0 unspecified atom stereocenters. The van der Waals surface area contributed by atoms with Crippen molar-refractivity contribution in [2.45, 2.75) is 36.1 Å². The second kappa shape index (κ2) is 14.1. The van der Waals surface area contributed by atoms with E-state index in [1.165, 1.54) is 7.05 Å². The van der Waals surface area contributed by atoms with E-state index in [1.54, 1.807) is 0 Å². The van der Waals surface area contributed by atoms with Crippen molar-refractivity contribution in [1.82, 2.24) is 13.7 Å². The van der Waals surface area contributed by atoms with Crippen molar-refractivity contribution in [2.75, 3.05) is 20.1 Å². The molecule has 2 aliphatic rings. The number of nitrogens with zero attached hydrogens (tertiary/aromatic N) is 2. The second-order valence-electron chi connectivity index (χ2n) is 2.97. The molecule has 0 atom stereocenters. The van der Waals surface area contributed by atoms with Crippen LogP contribution in [0.15, 0.2) is 0 Å². The molecule has 0 bridgehead atoms. The average molecular weight is 386 g/mol. The van der Waals surface area contributed by atoms with Crippen molar-refractivity contribution >= 4 is 32.2 Å². The Labute approximate surface area is 162 Å². The number of likely N-dealkylation sites (N-methyl/N-ethyl adjacent to an activating group) is 1. The van der Waals surface area contributed by atoms with E-state index < -0.39 is 32.2 Å². The number of rotatable bonds is 0. The molecule has 23 heavy (non-hydrogen) atoms. The maximum Gasteiger partial charge on any atom is 1.00 e. The van der Waals surface area contributed by atoms with Gasteiger partial charge in [0.25, 0.3) is 5.91 Å². The van der Waals surface area contributed by atoms with Crippen molar-refractivity contribution in [1.29, 1.82) is 0 Å². The van der Waals surface area contributed by atoms with Crippen LogP contribution in [0, 0.1) is 0 Å². The van der Waals surface area contributed by atoms with Crippen molar-refractivity contribution < 1.29 is 56.0 Å². The monoisotopic (exact) mass is 386 g/mol. The van der Waals surface area contributed by atoms with Gasteiger partial charge in [0.05, 0.1) is 19.0 Å². The van der Waals surface area contributed by atoms with Gasteiger partial charge < -0.3 is 9.52 Å². The first kappa shape index (κ1) is 34.2. The molecule has 10 nitrogen and oxygen atoms in total. The van der Waals surface area contributed by atoms with Gasteiger partial charge in [-0.15, -0.1) is 0 Å². The Bertz CT molecular complexity index is 550. The zero-order valence-electron chi connectivity index (χ0n) is 11.6. The molecule has 2 fully saturated rings. The van der Waals surface area contributed by atoms with E-state index in [2.05, 4.69) is 4.72 Å². The van der Waals surface area contributed by atoms with Crippen molar-refractivity contribution in [3.8, 4) is 0 Å². The molecule has 0 saturated carbocycles. The minimum atomic E-state index is -3.57. The summed E-state index contributed by atoms with van der Waals surface area (Å²) in [5.41, 5.74) is 0. The number of amides is 2. The fraction of sp³-hybridized carbons (Fsp3) is 0.800. The average Bonchev–Trinajstić information content (AvgIpc) is 2.76. The van der Waals surface area contributed by atoms with Crippen LogP contribution < -0.4 is 39.0 Å². The van der Waals surface area contributed by atoms with Crippen LogP contribution in [0.1, 0.15) is 36.1 Å². The van der Waals surface area contributed by atoms with Gasteiger partial charge in [-0.05, 0) is 0 Å². The third-order valence-corrected chi connectivity index (χ3v) is 4.13. The maximum atomic E-state index is 10.6. The third kappa shape index (κ3) is 11.9. The number of nitrogens with one attached hydrogen (secondary N) is 2. The van der Waals surface area contributed by atoms with Gasteiger partial charge in [-0.25, -0.2) is 17.4 Å². The molecule has 2 saturated heterocycles. The van der Waals surface area contributed by atoms with E-state index >= 15 is 0 Å². The van der Waals surface area contributed by atoms with Crippen LogP contribution in [-0.4, -0.2) is 53.1 Å². The summed E-state index contributed by atoms with van der Waals surface area (Å²) in [6, 6.07) is 0. The Morgan fingerprint density at radius 2 is 1.39 bits per heavy atom. The molecule has 0 radical (unpaired) electrons. The molecule has 0 aromatic rings. The molecule has 0 spiro atoms. The van der Waals surface area contributed by atoms with Gasteiger partial charge in [0, 0.05) is 7.05 Å². The molecule has 0 aromatic carbocycles. The minimum Gasteiger partial charge on any atom is -0.532 e. The van der Waals surface area contributed by atoms with E-state index in [0.29, 0.717) is 4.31 Å². The molecule has 136 valence electrons. The smallest absolute Gasteiger partial charge is 0.532 e. The summed E-state index contributed by atoms with van der Waals surface area (Å²) < 4.78 is 48.8. The molecule has 2 heterocycles. The predicted molar refractivity (Wildman–Crippen MR) is 86.5 cm³/mol. The van der Waals surface area contributed by atoms with E-state index in [4.69, 9.17) is 0 Å². The Hall–Kier alpha value is -0.240. The molecule has 0 aromatic heterocycles. The van der Waals surface area contributed by atoms with Gasteiger partial charge in [-0.2, -0.15) is 13.1 Å². The summed E-state index contributed by atoms with van der Waals surface area (Å²) in [6.07, 6.45) is 0. The molecule has 0 aliphatic carbocycles. The topological polar surface area (TPSA) is 144 Å². The molecule has 2 aliphatic heterocycles. The van der Waals surface area contributed by atoms with Crippen LogP contribution >= 0.6 is 0 Å². The van der Waals surface area contributed by atoms with Gasteiger partial charge in [-0.3, -0.25) is 4.79 Å². The number of carbonyl (C=O) groups excluding carboxylic acids is 2. The van der Waals surface area contributed by atoms with Crippen LogP contribution in [-0.2, 0) is 30.0 Å². The first-order valence-electron chi connectivity index (χ1n) is 5.16. The first-order chi connectivity index (χ1) is 8.64. The summed E-state index contributed by atoms with van der Waals surface area (Å²) >= 11 is 0. The second-order valence-corrected chi connectivity index (χ2v) is 6.18. The summed E-state index contributed by atoms with van der Waals surface area (Å²) in [5.74, 6) is -1.06. The van der Waals surface area contributed by atoms with E-state index in [0.717, 1.165) is 0 Å². The summed E-state index contributed by atoms with van der Waals surface area (Å²) in [5, 5.41) is 0. The van der Waals surface area contributed by atoms with Gasteiger partial charge >= 0.3 is 39.8 Å². The van der Waals surface area contributed by atoms with Crippen LogP contribution in [0.2, 0.25) is 0 Å². The fourth-order valence-corrected chi connectivity index (χ4v) is 2.38. The Kier molecular flexibility index (Phi) is 21.0.